The highest BCUT2D eigenvalue weighted by Crippen LogP contribution is 2.08. The van der Waals surface area contributed by atoms with Crippen LogP contribution in [0.3, 0.4) is 0 Å². The molecule has 82 valence electrons. The van der Waals surface area contributed by atoms with Crippen LogP contribution in [0.1, 0.15) is 30.3 Å². The summed E-state index contributed by atoms with van der Waals surface area (Å²) in [5, 5.41) is 16.0. The predicted molar refractivity (Wildman–Crippen MR) is 54.3 cm³/mol. The Labute approximate surface area is 87.8 Å². The van der Waals surface area contributed by atoms with Crippen LogP contribution >= 0.6 is 0 Å². The number of nitrogens with zero attached hydrogens (tertiary/aromatic N) is 2. The first-order valence-corrected chi connectivity index (χ1v) is 5.15. The number of nitrogens with one attached hydrogen (secondary N) is 3. The Bertz CT molecular complexity index is 323. The Morgan fingerprint density at radius 3 is 3.20 bits per heavy atom. The molecule has 15 heavy (non-hydrogen) atoms. The minimum atomic E-state index is -0.150. The number of H-pyrrole nitrogens is 1. The van der Waals surface area contributed by atoms with Crippen LogP contribution in [0, 0.1) is 0 Å². The summed E-state index contributed by atoms with van der Waals surface area (Å²) in [6, 6.07) is 0.701. The van der Waals surface area contributed by atoms with Crippen molar-refractivity contribution in [2.24, 2.45) is 0 Å². The summed E-state index contributed by atoms with van der Waals surface area (Å²) in [7, 11) is 0. The van der Waals surface area contributed by atoms with Gasteiger partial charge in [0, 0.05) is 12.1 Å². The third-order valence-electron chi connectivity index (χ3n) is 2.61. The minimum absolute atomic E-state index is 0.150. The van der Waals surface area contributed by atoms with Crippen molar-refractivity contribution in [2.45, 2.75) is 31.8 Å². The molecular formula is C9H15N5O. The molecule has 0 spiro atoms. The van der Waals surface area contributed by atoms with Gasteiger partial charge in [-0.15, -0.1) is 0 Å². The molecular weight excluding hydrogens is 194 g/mol. The zero-order chi connectivity index (χ0) is 10.7. The van der Waals surface area contributed by atoms with Crippen molar-refractivity contribution in [3.05, 3.63) is 11.9 Å². The number of rotatable bonds is 2. The van der Waals surface area contributed by atoms with Gasteiger partial charge < -0.3 is 10.6 Å². The second kappa shape index (κ2) is 4.39. The number of carbonyl (C=O) groups excluding carboxylic acids is 1. The van der Waals surface area contributed by atoms with Gasteiger partial charge in [-0.2, -0.15) is 15.4 Å². The first-order valence-electron chi connectivity index (χ1n) is 5.15. The Kier molecular flexibility index (Phi) is 2.96. The molecule has 2 rings (SSSR count). The van der Waals surface area contributed by atoms with E-state index in [1.807, 2.05) is 0 Å². The van der Waals surface area contributed by atoms with Gasteiger partial charge in [0.25, 0.3) is 5.91 Å². The van der Waals surface area contributed by atoms with E-state index in [-0.39, 0.29) is 11.9 Å². The summed E-state index contributed by atoms with van der Waals surface area (Å²) in [6.45, 7) is 3.07. The molecule has 6 nitrogen and oxygen atoms in total. The van der Waals surface area contributed by atoms with E-state index in [0.717, 1.165) is 19.4 Å². The quantitative estimate of drug-likeness (QED) is 0.623. The Hall–Kier alpha value is -1.43. The second-order valence-corrected chi connectivity index (χ2v) is 3.91. The lowest BCUT2D eigenvalue weighted by Gasteiger charge is -2.28. The number of hydrogen-bond acceptors (Lipinski definition) is 4. The lowest BCUT2D eigenvalue weighted by atomic mass is 10.0. The van der Waals surface area contributed by atoms with Crippen LogP contribution in [-0.4, -0.2) is 39.9 Å². The molecule has 2 unspecified atom stereocenters. The molecule has 0 saturated carbocycles. The number of carbonyl (C=O) groups is 1. The highest BCUT2D eigenvalue weighted by Gasteiger charge is 2.21. The van der Waals surface area contributed by atoms with Gasteiger partial charge in [-0.05, 0) is 26.3 Å². The number of aromatic nitrogens is 3. The third kappa shape index (κ3) is 2.53. The molecule has 3 N–H and O–H groups in total. The fourth-order valence-corrected chi connectivity index (χ4v) is 1.83. The van der Waals surface area contributed by atoms with Crippen LogP contribution in [0.25, 0.3) is 0 Å². The Balaban J connectivity index is 1.89. The topological polar surface area (TPSA) is 82.7 Å². The fraction of sp³-hybridized carbons (Fsp3) is 0.667. The maximum atomic E-state index is 11.6. The van der Waals surface area contributed by atoms with Crippen molar-refractivity contribution in [3.8, 4) is 0 Å². The van der Waals surface area contributed by atoms with Crippen molar-refractivity contribution in [1.29, 1.82) is 0 Å². The van der Waals surface area contributed by atoms with Crippen LogP contribution in [-0.2, 0) is 0 Å². The number of hydrogen-bond donors (Lipinski definition) is 3. The number of aromatic amines is 1. The number of piperidine rings is 1. The monoisotopic (exact) mass is 209 g/mol. The summed E-state index contributed by atoms with van der Waals surface area (Å²) < 4.78 is 0. The molecule has 2 heterocycles. The van der Waals surface area contributed by atoms with Gasteiger partial charge in [-0.3, -0.25) is 4.79 Å². The minimum Gasteiger partial charge on any atom is -0.348 e. The lowest BCUT2D eigenvalue weighted by Crippen LogP contribution is -2.46. The van der Waals surface area contributed by atoms with E-state index in [1.165, 1.54) is 6.20 Å². The van der Waals surface area contributed by atoms with Crippen LogP contribution in [0.5, 0.6) is 0 Å². The van der Waals surface area contributed by atoms with Gasteiger partial charge in [0.1, 0.15) is 0 Å². The maximum absolute atomic E-state index is 11.6. The lowest BCUT2D eigenvalue weighted by molar-refractivity contribution is 0.0920. The van der Waals surface area contributed by atoms with E-state index >= 15 is 0 Å². The zero-order valence-corrected chi connectivity index (χ0v) is 8.66. The molecule has 1 saturated heterocycles. The van der Waals surface area contributed by atoms with E-state index < -0.39 is 0 Å². The molecule has 0 bridgehead atoms. The second-order valence-electron chi connectivity index (χ2n) is 3.91. The molecule has 0 aliphatic carbocycles. The third-order valence-corrected chi connectivity index (χ3v) is 2.61. The first-order chi connectivity index (χ1) is 7.25. The highest BCUT2D eigenvalue weighted by molar-refractivity contribution is 5.91. The van der Waals surface area contributed by atoms with Gasteiger partial charge in [0.15, 0.2) is 5.69 Å². The molecule has 2 atom stereocenters. The molecule has 1 aliphatic rings. The van der Waals surface area contributed by atoms with Crippen LogP contribution in [0.2, 0.25) is 0 Å². The van der Waals surface area contributed by atoms with Crippen molar-refractivity contribution in [1.82, 2.24) is 26.0 Å². The van der Waals surface area contributed by atoms with Gasteiger partial charge in [0.05, 0.1) is 6.20 Å². The molecule has 1 aliphatic heterocycles. The molecule has 1 aromatic rings. The zero-order valence-electron chi connectivity index (χ0n) is 8.66. The normalized spacial score (nSPS) is 26.2. The summed E-state index contributed by atoms with van der Waals surface area (Å²) in [5.74, 6) is -0.150. The molecule has 0 aromatic carbocycles. The van der Waals surface area contributed by atoms with Gasteiger partial charge in [0.2, 0.25) is 0 Å². The standard InChI is InChI=1S/C9H15N5O/c1-6-4-7(2-3-10-6)12-9(15)8-5-11-14-13-8/h5-7,10H,2-4H2,1H3,(H,12,15)(H,11,13,14). The molecule has 1 fully saturated rings. The van der Waals surface area contributed by atoms with Gasteiger partial charge >= 0.3 is 0 Å². The average molecular weight is 209 g/mol. The van der Waals surface area contributed by atoms with Gasteiger partial charge in [-0.25, -0.2) is 0 Å². The van der Waals surface area contributed by atoms with E-state index in [4.69, 9.17) is 0 Å². The highest BCUT2D eigenvalue weighted by atomic mass is 16.2. The summed E-state index contributed by atoms with van der Waals surface area (Å²) in [6.07, 6.45) is 3.36. The molecule has 1 amide bonds. The van der Waals surface area contributed by atoms with Crippen LogP contribution < -0.4 is 10.6 Å². The predicted octanol–water partition coefficient (Wildman–Crippen LogP) is -0.325. The summed E-state index contributed by atoms with van der Waals surface area (Å²) in [5.41, 5.74) is 0.348. The maximum Gasteiger partial charge on any atom is 0.273 e. The molecule has 6 heteroatoms. The smallest absolute Gasteiger partial charge is 0.273 e. The molecule has 1 aromatic heterocycles. The van der Waals surface area contributed by atoms with E-state index in [1.54, 1.807) is 0 Å². The molecule has 0 radical (unpaired) electrons. The Morgan fingerprint density at radius 1 is 1.67 bits per heavy atom. The largest absolute Gasteiger partial charge is 0.348 e. The van der Waals surface area contributed by atoms with E-state index in [2.05, 4.69) is 33.0 Å². The van der Waals surface area contributed by atoms with Crippen molar-refractivity contribution >= 4 is 5.91 Å². The van der Waals surface area contributed by atoms with Crippen molar-refractivity contribution in [3.63, 3.8) is 0 Å². The average Bonchev–Trinajstić information content (AvgIpc) is 2.70. The summed E-state index contributed by atoms with van der Waals surface area (Å²) in [4.78, 5) is 11.6. The number of amides is 1. The fourth-order valence-electron chi connectivity index (χ4n) is 1.83. The van der Waals surface area contributed by atoms with Gasteiger partial charge in [-0.1, -0.05) is 0 Å². The van der Waals surface area contributed by atoms with E-state index in [0.29, 0.717) is 11.7 Å². The van der Waals surface area contributed by atoms with Crippen LogP contribution in [0.15, 0.2) is 6.20 Å². The van der Waals surface area contributed by atoms with Crippen LogP contribution in [0.4, 0.5) is 0 Å². The van der Waals surface area contributed by atoms with E-state index in [9.17, 15) is 4.79 Å². The summed E-state index contributed by atoms with van der Waals surface area (Å²) >= 11 is 0. The van der Waals surface area contributed by atoms with Crippen molar-refractivity contribution < 1.29 is 4.79 Å². The van der Waals surface area contributed by atoms with Crippen molar-refractivity contribution in [2.75, 3.05) is 6.54 Å². The first kappa shape index (κ1) is 10.1. The Morgan fingerprint density at radius 2 is 2.53 bits per heavy atom. The SMILES string of the molecule is CC1CC(NC(=O)c2cn[nH]n2)CCN1.